The summed E-state index contributed by atoms with van der Waals surface area (Å²) >= 11 is 0. The van der Waals surface area contributed by atoms with Gasteiger partial charge in [0.25, 0.3) is 0 Å². The third-order valence-corrected chi connectivity index (χ3v) is 4.99. The Labute approximate surface area is 135 Å². The first-order valence-electron chi connectivity index (χ1n) is 8.00. The summed E-state index contributed by atoms with van der Waals surface area (Å²) in [6, 6.07) is 24.3. The van der Waals surface area contributed by atoms with E-state index in [0.29, 0.717) is 0 Å². The maximum atomic E-state index is 4.16. The van der Waals surface area contributed by atoms with Gasteiger partial charge in [0, 0.05) is 0 Å². The average molecular weight is 292 g/mol. The summed E-state index contributed by atoms with van der Waals surface area (Å²) in [5, 5.41) is 10.7. The van der Waals surface area contributed by atoms with Gasteiger partial charge in [-0.1, -0.05) is 78.9 Å². The first kappa shape index (κ1) is 12.7. The van der Waals surface area contributed by atoms with Crippen molar-refractivity contribution < 1.29 is 0 Å². The summed E-state index contributed by atoms with van der Waals surface area (Å²) in [5.74, 6) is 0. The molecule has 0 N–H and O–H groups in total. The van der Waals surface area contributed by atoms with Crippen LogP contribution in [0.1, 0.15) is 12.5 Å². The molecule has 0 bridgehead atoms. The summed E-state index contributed by atoms with van der Waals surface area (Å²) in [5.41, 5.74) is 2.36. The van der Waals surface area contributed by atoms with E-state index in [1.54, 1.807) is 0 Å². The van der Waals surface area contributed by atoms with Gasteiger partial charge in [0.2, 0.25) is 0 Å². The van der Waals surface area contributed by atoms with Crippen molar-refractivity contribution in [2.45, 2.75) is 6.92 Å². The van der Waals surface area contributed by atoms with Crippen LogP contribution in [-0.2, 0) is 0 Å². The van der Waals surface area contributed by atoms with Crippen molar-refractivity contribution >= 4 is 48.7 Å². The maximum Gasteiger partial charge on any atom is -0.00203 e. The Balaban J connectivity index is 2.21. The smallest absolute Gasteiger partial charge is 0.00203 e. The third-order valence-electron chi connectivity index (χ3n) is 4.99. The van der Waals surface area contributed by atoms with Crippen molar-refractivity contribution in [3.8, 4) is 0 Å². The van der Waals surface area contributed by atoms with Crippen LogP contribution in [0.25, 0.3) is 48.7 Å². The molecule has 0 aliphatic carbocycles. The van der Waals surface area contributed by atoms with Gasteiger partial charge in [-0.3, -0.25) is 0 Å². The molecule has 0 fully saturated rings. The molecular weight excluding hydrogens is 276 g/mol. The van der Waals surface area contributed by atoms with Crippen molar-refractivity contribution in [2.24, 2.45) is 0 Å². The average Bonchev–Trinajstić information content (AvgIpc) is 2.58. The number of fused-ring (bicyclic) bond motifs is 2. The van der Waals surface area contributed by atoms with Crippen LogP contribution < -0.4 is 0 Å². The van der Waals surface area contributed by atoms with Crippen LogP contribution in [0.3, 0.4) is 0 Å². The quantitative estimate of drug-likeness (QED) is 0.236. The van der Waals surface area contributed by atoms with Crippen molar-refractivity contribution in [1.82, 2.24) is 0 Å². The van der Waals surface area contributed by atoms with E-state index in [9.17, 15) is 0 Å². The minimum atomic E-state index is 1.12. The Morgan fingerprint density at radius 2 is 1.13 bits per heavy atom. The summed E-state index contributed by atoms with van der Waals surface area (Å²) in [6.07, 6.45) is 0. The first-order chi connectivity index (χ1) is 11.3. The van der Waals surface area contributed by atoms with Gasteiger partial charge >= 0.3 is 0 Å². The molecule has 108 valence electrons. The van der Waals surface area contributed by atoms with Crippen molar-refractivity contribution in [3.63, 3.8) is 0 Å². The molecule has 0 heterocycles. The predicted molar refractivity (Wildman–Crippen MR) is 102 cm³/mol. The number of rotatable bonds is 1. The molecule has 0 amide bonds. The zero-order valence-electron chi connectivity index (χ0n) is 13.1. The van der Waals surface area contributed by atoms with Crippen LogP contribution in [-0.4, -0.2) is 0 Å². The summed E-state index contributed by atoms with van der Waals surface area (Å²) in [4.78, 5) is 0. The number of benzene rings is 5. The Bertz CT molecular complexity index is 1170. The van der Waals surface area contributed by atoms with E-state index in [2.05, 4.69) is 80.2 Å². The highest BCUT2D eigenvalue weighted by Crippen LogP contribution is 2.41. The van der Waals surface area contributed by atoms with E-state index < -0.39 is 0 Å². The number of hydrogen-bond acceptors (Lipinski definition) is 0. The van der Waals surface area contributed by atoms with Gasteiger partial charge in [-0.15, -0.1) is 0 Å². The van der Waals surface area contributed by atoms with E-state index in [0.717, 1.165) is 5.57 Å². The van der Waals surface area contributed by atoms with Gasteiger partial charge in [-0.05, 0) is 55.6 Å². The standard InChI is InChI=1S/C23H16/c1-14(2)16-12-13-21-19-9-4-7-15-6-3-8-18(22(15)19)20-11-5-10-17(16)23(20)21/h3-13H,1H2,2H3. The van der Waals surface area contributed by atoms with Crippen molar-refractivity contribution in [3.05, 3.63) is 78.9 Å². The topological polar surface area (TPSA) is 0 Å². The van der Waals surface area contributed by atoms with Crippen molar-refractivity contribution in [2.75, 3.05) is 0 Å². The molecule has 0 spiro atoms. The molecule has 0 aromatic heterocycles. The van der Waals surface area contributed by atoms with Crippen LogP contribution in [0.15, 0.2) is 73.3 Å². The molecule has 0 atom stereocenters. The zero-order valence-corrected chi connectivity index (χ0v) is 13.1. The van der Waals surface area contributed by atoms with Crippen LogP contribution >= 0.6 is 0 Å². The van der Waals surface area contributed by atoms with Gasteiger partial charge in [0.15, 0.2) is 0 Å². The lowest BCUT2D eigenvalue weighted by Crippen LogP contribution is -1.89. The van der Waals surface area contributed by atoms with Gasteiger partial charge in [0.05, 0.1) is 0 Å². The largest absolute Gasteiger partial charge is 0.0955 e. The van der Waals surface area contributed by atoms with Crippen molar-refractivity contribution in [1.29, 1.82) is 0 Å². The molecule has 0 saturated heterocycles. The predicted octanol–water partition coefficient (Wildman–Crippen LogP) is 6.77. The monoisotopic (exact) mass is 292 g/mol. The Kier molecular flexibility index (Phi) is 2.38. The number of allylic oxidation sites excluding steroid dienone is 1. The normalized spacial score (nSPS) is 11.9. The fourth-order valence-corrected chi connectivity index (χ4v) is 4.02. The fourth-order valence-electron chi connectivity index (χ4n) is 4.02. The minimum Gasteiger partial charge on any atom is -0.0955 e. The summed E-state index contributed by atoms with van der Waals surface area (Å²) in [7, 11) is 0. The second-order valence-corrected chi connectivity index (χ2v) is 6.38. The lowest BCUT2D eigenvalue weighted by molar-refractivity contribution is 1.66. The molecule has 0 nitrogen and oxygen atoms in total. The van der Waals surface area contributed by atoms with Crippen LogP contribution in [0.4, 0.5) is 0 Å². The Morgan fingerprint density at radius 1 is 0.609 bits per heavy atom. The highest BCUT2D eigenvalue weighted by Gasteiger charge is 2.13. The van der Waals surface area contributed by atoms with Gasteiger partial charge in [-0.25, -0.2) is 0 Å². The van der Waals surface area contributed by atoms with Gasteiger partial charge < -0.3 is 0 Å². The van der Waals surface area contributed by atoms with Crippen LogP contribution in [0.2, 0.25) is 0 Å². The summed E-state index contributed by atoms with van der Waals surface area (Å²) < 4.78 is 0. The molecule has 23 heavy (non-hydrogen) atoms. The van der Waals surface area contributed by atoms with Gasteiger partial charge in [0.1, 0.15) is 0 Å². The molecule has 5 rings (SSSR count). The zero-order chi connectivity index (χ0) is 15.6. The molecule has 5 aromatic rings. The van der Waals surface area contributed by atoms with E-state index in [1.807, 2.05) is 0 Å². The second-order valence-electron chi connectivity index (χ2n) is 6.38. The molecule has 0 heteroatoms. The molecule has 5 aromatic carbocycles. The highest BCUT2D eigenvalue weighted by atomic mass is 14.2. The van der Waals surface area contributed by atoms with Crippen LogP contribution in [0.5, 0.6) is 0 Å². The molecule has 0 aliphatic heterocycles. The van der Waals surface area contributed by atoms with E-state index >= 15 is 0 Å². The molecule has 0 radical (unpaired) electrons. The molecule has 0 unspecified atom stereocenters. The fraction of sp³-hybridized carbons (Fsp3) is 0.0435. The molecule has 0 saturated carbocycles. The lowest BCUT2D eigenvalue weighted by Gasteiger charge is -2.16. The van der Waals surface area contributed by atoms with E-state index in [4.69, 9.17) is 0 Å². The lowest BCUT2D eigenvalue weighted by atomic mass is 9.87. The molecular formula is C23H16. The Hall–Kier alpha value is -2.86. The highest BCUT2D eigenvalue weighted by molar-refractivity contribution is 6.33. The minimum absolute atomic E-state index is 1.12. The number of hydrogen-bond donors (Lipinski definition) is 0. The van der Waals surface area contributed by atoms with Gasteiger partial charge in [-0.2, -0.15) is 0 Å². The molecule has 0 aliphatic rings. The SMILES string of the molecule is C=C(C)c1ccc2c3cccc4cccc(c5cccc1c52)c43. The van der Waals surface area contributed by atoms with E-state index in [-0.39, 0.29) is 0 Å². The maximum absolute atomic E-state index is 4.16. The Morgan fingerprint density at radius 3 is 1.78 bits per heavy atom. The summed E-state index contributed by atoms with van der Waals surface area (Å²) in [6.45, 7) is 6.25. The first-order valence-corrected chi connectivity index (χ1v) is 8.00. The van der Waals surface area contributed by atoms with E-state index in [1.165, 1.54) is 48.7 Å². The van der Waals surface area contributed by atoms with Crippen LogP contribution in [0, 0.1) is 0 Å². The third kappa shape index (κ3) is 1.55. The second kappa shape index (κ2) is 4.33.